The van der Waals surface area contributed by atoms with Crippen molar-refractivity contribution in [3.8, 4) is 0 Å². The fraction of sp³-hybridized carbons (Fsp3) is 0.474. The fourth-order valence-electron chi connectivity index (χ4n) is 2.80. The smallest absolute Gasteiger partial charge is 0.251 e. The Balaban J connectivity index is 2.21. The number of carbonyl (C=O) groups excluding carboxylic acids is 2. The van der Waals surface area contributed by atoms with E-state index in [4.69, 9.17) is 0 Å². The Morgan fingerprint density at radius 3 is 2.37 bits per heavy atom. The number of benzene rings is 1. The van der Waals surface area contributed by atoms with E-state index in [9.17, 15) is 18.0 Å². The normalized spacial score (nSPS) is 12.8. The van der Waals surface area contributed by atoms with Crippen LogP contribution in [0.15, 0.2) is 29.2 Å². The molecule has 0 aliphatic carbocycles. The molecule has 9 nitrogen and oxygen atoms in total. The van der Waals surface area contributed by atoms with Crippen LogP contribution in [0.1, 0.15) is 43.1 Å². The lowest BCUT2D eigenvalue weighted by Gasteiger charge is -2.21. The number of rotatable bonds is 9. The summed E-state index contributed by atoms with van der Waals surface area (Å²) in [5.74, 6) is -1.15. The number of nitrogens with zero attached hydrogens (tertiary/aromatic N) is 3. The van der Waals surface area contributed by atoms with Crippen LogP contribution in [0.2, 0.25) is 0 Å². The molecule has 0 spiro atoms. The van der Waals surface area contributed by atoms with E-state index in [0.29, 0.717) is 23.2 Å². The number of sulfonamides is 1. The molecule has 0 bridgehead atoms. The molecule has 1 atom stereocenters. The maximum Gasteiger partial charge on any atom is 0.251 e. The summed E-state index contributed by atoms with van der Waals surface area (Å²) in [4.78, 5) is 25.5. The summed E-state index contributed by atoms with van der Waals surface area (Å²) >= 11 is 1.23. The van der Waals surface area contributed by atoms with Crippen LogP contribution in [0.25, 0.3) is 0 Å². The first-order valence-electron chi connectivity index (χ1n) is 9.62. The van der Waals surface area contributed by atoms with Gasteiger partial charge in [-0.1, -0.05) is 45.1 Å². The monoisotopic (exact) mass is 453 g/mol. The minimum Gasteiger partial charge on any atom is -0.340 e. The summed E-state index contributed by atoms with van der Waals surface area (Å²) in [6.07, 6.45) is 0. The molecule has 0 saturated carbocycles. The Hall–Kier alpha value is -2.37. The molecule has 2 amide bonds. The molecule has 0 aliphatic heterocycles. The summed E-state index contributed by atoms with van der Waals surface area (Å²) < 4.78 is 26.8. The second-order valence-corrected chi connectivity index (χ2v) is 10.0. The third-order valence-corrected chi connectivity index (χ3v) is 7.23. The zero-order valence-electron chi connectivity index (χ0n) is 17.7. The van der Waals surface area contributed by atoms with Crippen molar-refractivity contribution in [3.05, 3.63) is 34.8 Å². The second kappa shape index (κ2) is 10.1. The van der Waals surface area contributed by atoms with Gasteiger partial charge in [0.2, 0.25) is 21.1 Å². The summed E-state index contributed by atoms with van der Waals surface area (Å²) in [5.41, 5.74) is 0.161. The van der Waals surface area contributed by atoms with Crippen molar-refractivity contribution in [1.29, 1.82) is 0 Å². The summed E-state index contributed by atoms with van der Waals surface area (Å²) in [6.45, 7) is 9.54. The second-order valence-electron chi connectivity index (χ2n) is 6.93. The Kier molecular flexibility index (Phi) is 8.04. The molecule has 1 aromatic carbocycles. The van der Waals surface area contributed by atoms with Crippen LogP contribution in [0, 0.1) is 12.8 Å². The van der Waals surface area contributed by atoms with Gasteiger partial charge >= 0.3 is 0 Å². The van der Waals surface area contributed by atoms with E-state index in [-0.39, 0.29) is 16.4 Å². The van der Waals surface area contributed by atoms with Crippen molar-refractivity contribution in [2.75, 3.05) is 18.4 Å². The molecule has 1 heterocycles. The summed E-state index contributed by atoms with van der Waals surface area (Å²) in [7, 11) is -3.70. The van der Waals surface area contributed by atoms with E-state index in [1.165, 1.54) is 39.9 Å². The lowest BCUT2D eigenvalue weighted by atomic mass is 10.0. The van der Waals surface area contributed by atoms with Gasteiger partial charge in [-0.3, -0.25) is 14.9 Å². The van der Waals surface area contributed by atoms with Gasteiger partial charge in [0.1, 0.15) is 11.0 Å². The van der Waals surface area contributed by atoms with E-state index >= 15 is 0 Å². The van der Waals surface area contributed by atoms with Gasteiger partial charge in [0.25, 0.3) is 5.91 Å². The topological polar surface area (TPSA) is 121 Å². The average Bonchev–Trinajstić information content (AvgIpc) is 3.10. The van der Waals surface area contributed by atoms with Gasteiger partial charge in [0.05, 0.1) is 4.90 Å². The van der Waals surface area contributed by atoms with Crippen LogP contribution >= 0.6 is 11.3 Å². The molecule has 0 unspecified atom stereocenters. The number of hydrogen-bond donors (Lipinski definition) is 2. The number of carbonyl (C=O) groups is 2. The average molecular weight is 454 g/mol. The standard InChI is InChI=1S/C19H27N5O4S2/c1-6-24(7-2)30(27,28)15-10-8-9-14(11-15)17(25)20-16(12(3)4)18(26)21-19-23-22-13(5)29-19/h8-12,16H,6-7H2,1-5H3,(H,20,25)(H,21,23,26)/t16-/m1/s1. The number of hydrogen-bond acceptors (Lipinski definition) is 7. The lowest BCUT2D eigenvalue weighted by molar-refractivity contribution is -0.118. The third kappa shape index (κ3) is 5.61. The number of aryl methyl sites for hydroxylation is 1. The predicted molar refractivity (Wildman–Crippen MR) is 116 cm³/mol. The largest absolute Gasteiger partial charge is 0.340 e. The molecule has 30 heavy (non-hydrogen) atoms. The van der Waals surface area contributed by atoms with E-state index in [0.717, 1.165) is 0 Å². The highest BCUT2D eigenvalue weighted by Gasteiger charge is 2.27. The Bertz CT molecular complexity index is 1000. The Labute approximate surface area is 180 Å². The van der Waals surface area contributed by atoms with Gasteiger partial charge in [-0.2, -0.15) is 4.31 Å². The fourth-order valence-corrected chi connectivity index (χ4v) is 4.90. The Morgan fingerprint density at radius 1 is 1.17 bits per heavy atom. The molecule has 11 heteroatoms. The molecular formula is C19H27N5O4S2. The van der Waals surface area contributed by atoms with Crippen molar-refractivity contribution in [2.45, 2.75) is 45.6 Å². The minimum atomic E-state index is -3.70. The first kappa shape index (κ1) is 23.9. The SMILES string of the molecule is CCN(CC)S(=O)(=O)c1cccc(C(=O)N[C@@H](C(=O)Nc2nnc(C)s2)C(C)C)c1. The lowest BCUT2D eigenvalue weighted by Crippen LogP contribution is -2.47. The van der Waals surface area contributed by atoms with Crippen molar-refractivity contribution in [1.82, 2.24) is 19.8 Å². The Morgan fingerprint density at radius 2 is 1.83 bits per heavy atom. The van der Waals surface area contributed by atoms with Gasteiger partial charge in [0, 0.05) is 18.7 Å². The van der Waals surface area contributed by atoms with Crippen LogP contribution in [0.3, 0.4) is 0 Å². The first-order chi connectivity index (χ1) is 14.1. The molecular weight excluding hydrogens is 426 g/mol. The van der Waals surface area contributed by atoms with Crippen molar-refractivity contribution in [3.63, 3.8) is 0 Å². The van der Waals surface area contributed by atoms with Crippen molar-refractivity contribution >= 4 is 38.3 Å². The zero-order chi connectivity index (χ0) is 22.5. The molecule has 2 N–H and O–H groups in total. The summed E-state index contributed by atoms with van der Waals surface area (Å²) in [5, 5.41) is 14.1. The van der Waals surface area contributed by atoms with Crippen molar-refractivity contribution in [2.24, 2.45) is 5.92 Å². The van der Waals surface area contributed by atoms with Gasteiger partial charge in [-0.25, -0.2) is 8.42 Å². The van der Waals surface area contributed by atoms with Crippen LogP contribution in [0.4, 0.5) is 5.13 Å². The highest BCUT2D eigenvalue weighted by atomic mass is 32.2. The number of nitrogens with one attached hydrogen (secondary N) is 2. The number of amides is 2. The quantitative estimate of drug-likeness (QED) is 0.601. The van der Waals surface area contributed by atoms with Gasteiger partial charge in [0.15, 0.2) is 0 Å². The van der Waals surface area contributed by atoms with Crippen LogP contribution < -0.4 is 10.6 Å². The number of anilines is 1. The molecule has 2 rings (SSSR count). The van der Waals surface area contributed by atoms with E-state index in [1.807, 2.05) is 0 Å². The van der Waals surface area contributed by atoms with E-state index < -0.39 is 27.9 Å². The molecule has 0 fully saturated rings. The van der Waals surface area contributed by atoms with Gasteiger partial charge in [-0.15, -0.1) is 10.2 Å². The summed E-state index contributed by atoms with van der Waals surface area (Å²) in [6, 6.07) is 4.98. The molecule has 0 aliphatic rings. The highest BCUT2D eigenvalue weighted by molar-refractivity contribution is 7.89. The van der Waals surface area contributed by atoms with Crippen LogP contribution in [-0.4, -0.2) is 53.9 Å². The maximum absolute atomic E-state index is 12.8. The maximum atomic E-state index is 12.8. The highest BCUT2D eigenvalue weighted by Crippen LogP contribution is 2.18. The first-order valence-corrected chi connectivity index (χ1v) is 11.9. The molecule has 164 valence electrons. The zero-order valence-corrected chi connectivity index (χ0v) is 19.3. The number of aromatic nitrogens is 2. The third-order valence-electron chi connectivity index (χ3n) is 4.43. The molecule has 0 radical (unpaired) electrons. The van der Waals surface area contributed by atoms with Gasteiger partial charge < -0.3 is 5.32 Å². The predicted octanol–water partition coefficient (Wildman–Crippen LogP) is 2.27. The van der Waals surface area contributed by atoms with E-state index in [1.54, 1.807) is 34.6 Å². The van der Waals surface area contributed by atoms with Crippen LogP contribution in [-0.2, 0) is 14.8 Å². The molecule has 2 aromatic rings. The van der Waals surface area contributed by atoms with Crippen molar-refractivity contribution < 1.29 is 18.0 Å². The van der Waals surface area contributed by atoms with E-state index in [2.05, 4.69) is 20.8 Å². The van der Waals surface area contributed by atoms with Crippen LogP contribution in [0.5, 0.6) is 0 Å². The van der Waals surface area contributed by atoms with Gasteiger partial charge in [-0.05, 0) is 31.0 Å². The molecule has 1 aromatic heterocycles. The minimum absolute atomic E-state index is 0.0359. The molecule has 0 saturated heterocycles.